The lowest BCUT2D eigenvalue weighted by Crippen LogP contribution is -2.28. The smallest absolute Gasteiger partial charge is 0.221 e. The summed E-state index contributed by atoms with van der Waals surface area (Å²) in [4.78, 5) is 13.0. The molecule has 0 fully saturated rings. The van der Waals surface area contributed by atoms with Gasteiger partial charge in [0.15, 0.2) is 0 Å². The minimum atomic E-state index is 0.0831. The molecule has 4 heteroatoms. The summed E-state index contributed by atoms with van der Waals surface area (Å²) in [6.07, 6.45) is 0.503. The van der Waals surface area contributed by atoms with Crippen molar-refractivity contribution in [2.75, 3.05) is 6.54 Å². The van der Waals surface area contributed by atoms with Crippen LogP contribution in [0, 0.1) is 0 Å². The Balaban J connectivity index is 1.63. The summed E-state index contributed by atoms with van der Waals surface area (Å²) in [5.74, 6) is 0.0831. The zero-order chi connectivity index (χ0) is 14.2. The first-order chi connectivity index (χ1) is 9.75. The molecule has 0 saturated heterocycles. The summed E-state index contributed by atoms with van der Waals surface area (Å²) in [5, 5.41) is 8.36. The number of nitrogens with one attached hydrogen (secondary N) is 2. The fraction of sp³-hybridized carbons (Fsp3) is 0.312. The van der Waals surface area contributed by atoms with E-state index in [4.69, 9.17) is 0 Å². The molecule has 3 nitrogen and oxygen atoms in total. The zero-order valence-electron chi connectivity index (χ0n) is 11.6. The van der Waals surface area contributed by atoms with E-state index >= 15 is 0 Å². The third kappa shape index (κ3) is 4.79. The van der Waals surface area contributed by atoms with Crippen molar-refractivity contribution in [2.45, 2.75) is 25.9 Å². The molecule has 1 unspecified atom stereocenters. The Morgan fingerprint density at radius 1 is 1.20 bits per heavy atom. The fourth-order valence-corrected chi connectivity index (χ4v) is 2.68. The molecular formula is C16H20N2OS. The van der Waals surface area contributed by atoms with Crippen LogP contribution < -0.4 is 10.6 Å². The highest BCUT2D eigenvalue weighted by Crippen LogP contribution is 2.17. The largest absolute Gasteiger partial charge is 0.352 e. The van der Waals surface area contributed by atoms with Gasteiger partial charge in [-0.2, -0.15) is 0 Å². The van der Waals surface area contributed by atoms with Crippen LogP contribution in [0.4, 0.5) is 0 Å². The van der Waals surface area contributed by atoms with E-state index in [1.54, 1.807) is 11.3 Å². The standard InChI is InChI=1S/C16H20N2OS/c1-13(15-8-5-11-20-15)17-10-9-16(19)18-12-14-6-3-2-4-7-14/h2-8,11,13,17H,9-10,12H2,1H3,(H,18,19). The second kappa shape index (κ2) is 7.82. The second-order valence-electron chi connectivity index (χ2n) is 4.70. The normalized spacial score (nSPS) is 12.1. The molecule has 0 bridgehead atoms. The number of amides is 1. The van der Waals surface area contributed by atoms with Gasteiger partial charge in [0.05, 0.1) is 0 Å². The third-order valence-electron chi connectivity index (χ3n) is 3.11. The van der Waals surface area contributed by atoms with E-state index in [1.165, 1.54) is 4.88 Å². The van der Waals surface area contributed by atoms with Crippen molar-refractivity contribution in [3.63, 3.8) is 0 Å². The molecule has 1 atom stereocenters. The average molecular weight is 288 g/mol. The lowest BCUT2D eigenvalue weighted by molar-refractivity contribution is -0.121. The lowest BCUT2D eigenvalue weighted by Gasteiger charge is -2.12. The SMILES string of the molecule is CC(NCCC(=O)NCc1ccccc1)c1cccs1. The highest BCUT2D eigenvalue weighted by molar-refractivity contribution is 7.10. The number of carbonyl (C=O) groups excluding carboxylic acids is 1. The van der Waals surface area contributed by atoms with Crippen LogP contribution in [0.2, 0.25) is 0 Å². The number of hydrogen-bond acceptors (Lipinski definition) is 3. The van der Waals surface area contributed by atoms with Crippen LogP contribution in [0.15, 0.2) is 47.8 Å². The molecule has 20 heavy (non-hydrogen) atoms. The van der Waals surface area contributed by atoms with Crippen LogP contribution in [0.5, 0.6) is 0 Å². The van der Waals surface area contributed by atoms with Gasteiger partial charge in [0.1, 0.15) is 0 Å². The van der Waals surface area contributed by atoms with Gasteiger partial charge in [0.25, 0.3) is 0 Å². The van der Waals surface area contributed by atoms with Crippen molar-refractivity contribution in [3.05, 3.63) is 58.3 Å². The van der Waals surface area contributed by atoms with Gasteiger partial charge in [-0.1, -0.05) is 36.4 Å². The minimum Gasteiger partial charge on any atom is -0.352 e. The Morgan fingerprint density at radius 2 is 2.00 bits per heavy atom. The topological polar surface area (TPSA) is 41.1 Å². The molecule has 0 spiro atoms. The summed E-state index contributed by atoms with van der Waals surface area (Å²) in [7, 11) is 0. The van der Waals surface area contributed by atoms with Crippen molar-refractivity contribution >= 4 is 17.2 Å². The van der Waals surface area contributed by atoms with E-state index in [0.29, 0.717) is 25.6 Å². The predicted molar refractivity (Wildman–Crippen MR) is 83.6 cm³/mol. The first-order valence-corrected chi connectivity index (χ1v) is 7.71. The Labute approximate surface area is 124 Å². The maximum atomic E-state index is 11.7. The molecule has 1 heterocycles. The van der Waals surface area contributed by atoms with E-state index in [0.717, 1.165) is 5.56 Å². The first kappa shape index (κ1) is 14.8. The molecule has 1 aromatic carbocycles. The van der Waals surface area contributed by atoms with Gasteiger partial charge in [0.2, 0.25) is 5.91 Å². The molecule has 0 aliphatic heterocycles. The van der Waals surface area contributed by atoms with Crippen LogP contribution in [0.3, 0.4) is 0 Å². The van der Waals surface area contributed by atoms with Crippen molar-refractivity contribution in [1.82, 2.24) is 10.6 Å². The Hall–Kier alpha value is -1.65. The van der Waals surface area contributed by atoms with Crippen LogP contribution in [0.25, 0.3) is 0 Å². The van der Waals surface area contributed by atoms with Gasteiger partial charge in [-0.25, -0.2) is 0 Å². The van der Waals surface area contributed by atoms with Gasteiger partial charge < -0.3 is 10.6 Å². The molecule has 2 rings (SSSR count). The maximum Gasteiger partial charge on any atom is 0.221 e. The van der Waals surface area contributed by atoms with Gasteiger partial charge in [-0.3, -0.25) is 4.79 Å². The van der Waals surface area contributed by atoms with E-state index in [2.05, 4.69) is 29.0 Å². The molecule has 0 radical (unpaired) electrons. The highest BCUT2D eigenvalue weighted by atomic mass is 32.1. The molecule has 0 aliphatic rings. The molecule has 2 N–H and O–H groups in total. The molecule has 2 aromatic rings. The van der Waals surface area contributed by atoms with Crippen molar-refractivity contribution in [3.8, 4) is 0 Å². The number of rotatable bonds is 7. The number of carbonyl (C=O) groups is 1. The summed E-state index contributed by atoms with van der Waals surface area (Å²) in [6.45, 7) is 3.41. The highest BCUT2D eigenvalue weighted by Gasteiger charge is 2.06. The van der Waals surface area contributed by atoms with E-state index in [9.17, 15) is 4.79 Å². The summed E-state index contributed by atoms with van der Waals surface area (Å²) in [6, 6.07) is 14.4. The summed E-state index contributed by atoms with van der Waals surface area (Å²) in [5.41, 5.74) is 1.13. The van der Waals surface area contributed by atoms with Crippen molar-refractivity contribution in [1.29, 1.82) is 0 Å². The van der Waals surface area contributed by atoms with Crippen LogP contribution in [0.1, 0.15) is 29.8 Å². The molecule has 0 saturated carbocycles. The maximum absolute atomic E-state index is 11.7. The number of hydrogen-bond donors (Lipinski definition) is 2. The molecule has 106 valence electrons. The second-order valence-corrected chi connectivity index (χ2v) is 5.68. The zero-order valence-corrected chi connectivity index (χ0v) is 12.5. The fourth-order valence-electron chi connectivity index (χ4n) is 1.93. The Bertz CT molecular complexity index is 511. The quantitative estimate of drug-likeness (QED) is 0.822. The lowest BCUT2D eigenvalue weighted by atomic mass is 10.2. The van der Waals surface area contributed by atoms with Crippen LogP contribution >= 0.6 is 11.3 Å². The van der Waals surface area contributed by atoms with Crippen LogP contribution in [-0.4, -0.2) is 12.5 Å². The van der Waals surface area contributed by atoms with E-state index in [1.807, 2.05) is 36.4 Å². The van der Waals surface area contributed by atoms with Crippen molar-refractivity contribution < 1.29 is 4.79 Å². The minimum absolute atomic E-state index is 0.0831. The van der Waals surface area contributed by atoms with Crippen molar-refractivity contribution in [2.24, 2.45) is 0 Å². The third-order valence-corrected chi connectivity index (χ3v) is 4.16. The number of benzene rings is 1. The van der Waals surface area contributed by atoms with Gasteiger partial charge >= 0.3 is 0 Å². The molecule has 1 aromatic heterocycles. The summed E-state index contributed by atoms with van der Waals surface area (Å²) < 4.78 is 0. The predicted octanol–water partition coefficient (Wildman–Crippen LogP) is 3.11. The van der Waals surface area contributed by atoms with Gasteiger partial charge in [-0.05, 0) is 23.9 Å². The monoisotopic (exact) mass is 288 g/mol. The number of thiophene rings is 1. The van der Waals surface area contributed by atoms with Gasteiger partial charge in [-0.15, -0.1) is 11.3 Å². The van der Waals surface area contributed by atoms with Crippen LogP contribution in [-0.2, 0) is 11.3 Å². The molecule has 1 amide bonds. The first-order valence-electron chi connectivity index (χ1n) is 6.83. The molecular weight excluding hydrogens is 268 g/mol. The van der Waals surface area contributed by atoms with Gasteiger partial charge in [0, 0.05) is 30.4 Å². The Kier molecular flexibility index (Phi) is 5.77. The van der Waals surface area contributed by atoms with E-state index < -0.39 is 0 Å². The molecule has 0 aliphatic carbocycles. The Morgan fingerprint density at radius 3 is 2.70 bits per heavy atom. The average Bonchev–Trinajstić information content (AvgIpc) is 3.00. The summed E-state index contributed by atoms with van der Waals surface area (Å²) >= 11 is 1.73. The van der Waals surface area contributed by atoms with E-state index in [-0.39, 0.29) is 5.91 Å².